The van der Waals surface area contributed by atoms with Crippen LogP contribution >= 0.6 is 27.3 Å². The highest BCUT2D eigenvalue weighted by Crippen LogP contribution is 2.45. The summed E-state index contributed by atoms with van der Waals surface area (Å²) in [4.78, 5) is 0. The highest BCUT2D eigenvalue weighted by molar-refractivity contribution is 9.10. The fraction of sp³-hybridized carbons (Fsp3) is 0.556. The lowest BCUT2D eigenvalue weighted by atomic mass is 9.77. The predicted molar refractivity (Wildman–Crippen MR) is 97.3 cm³/mol. The van der Waals surface area contributed by atoms with Crippen LogP contribution < -0.4 is 5.32 Å². The summed E-state index contributed by atoms with van der Waals surface area (Å²) in [5.41, 5.74) is 2.15. The lowest BCUT2D eigenvalue weighted by Crippen LogP contribution is -2.23. The average Bonchev–Trinajstić information content (AvgIpc) is 3.11. The van der Waals surface area contributed by atoms with Gasteiger partial charge in [0.05, 0.1) is 0 Å². The van der Waals surface area contributed by atoms with Gasteiger partial charge in [-0.15, -0.1) is 11.3 Å². The number of fused-ring (bicyclic) bond motifs is 1. The van der Waals surface area contributed by atoms with E-state index in [-0.39, 0.29) is 0 Å². The molecule has 1 heterocycles. The van der Waals surface area contributed by atoms with E-state index in [0.717, 1.165) is 6.54 Å². The van der Waals surface area contributed by atoms with E-state index in [1.165, 1.54) is 59.5 Å². The Bertz CT molecular complexity index is 598. The molecule has 114 valence electrons. The summed E-state index contributed by atoms with van der Waals surface area (Å²) in [6.07, 6.45) is 9.66. The average molecular weight is 366 g/mol. The van der Waals surface area contributed by atoms with Gasteiger partial charge in [-0.05, 0) is 89.4 Å². The Kier molecular flexibility index (Phi) is 5.03. The third kappa shape index (κ3) is 3.35. The van der Waals surface area contributed by atoms with Gasteiger partial charge in [0, 0.05) is 9.17 Å². The zero-order valence-electron chi connectivity index (χ0n) is 12.8. The van der Waals surface area contributed by atoms with E-state index >= 15 is 0 Å². The monoisotopic (exact) mass is 365 g/mol. The maximum Gasteiger partial charge on any atom is 0.0487 e. The molecule has 1 fully saturated rings. The first kappa shape index (κ1) is 15.5. The van der Waals surface area contributed by atoms with Crippen LogP contribution in [-0.4, -0.2) is 13.6 Å². The van der Waals surface area contributed by atoms with Crippen LogP contribution in [0.25, 0.3) is 10.1 Å². The molecule has 1 aliphatic rings. The Labute approximate surface area is 140 Å². The standard InChI is InChI=1S/C18H24BrNS/c1-20-12-11-18(8-2-3-9-18)10-7-14-13-21-17-15(14)5-4-6-16(17)19/h4-6,13,20H,2-3,7-12H2,1H3. The number of halogens is 1. The van der Waals surface area contributed by atoms with Gasteiger partial charge in [-0.25, -0.2) is 0 Å². The lowest BCUT2D eigenvalue weighted by Gasteiger charge is -2.29. The molecule has 1 aromatic carbocycles. The minimum Gasteiger partial charge on any atom is -0.320 e. The quantitative estimate of drug-likeness (QED) is 0.685. The van der Waals surface area contributed by atoms with Crippen molar-refractivity contribution in [3.63, 3.8) is 0 Å². The van der Waals surface area contributed by atoms with Gasteiger partial charge >= 0.3 is 0 Å². The van der Waals surface area contributed by atoms with Gasteiger partial charge in [0.2, 0.25) is 0 Å². The Balaban J connectivity index is 1.74. The van der Waals surface area contributed by atoms with Crippen LogP contribution in [0.4, 0.5) is 0 Å². The summed E-state index contributed by atoms with van der Waals surface area (Å²) in [7, 11) is 2.08. The van der Waals surface area contributed by atoms with Crippen molar-refractivity contribution in [3.05, 3.63) is 33.6 Å². The number of thiophene rings is 1. The Hall–Kier alpha value is -0.380. The smallest absolute Gasteiger partial charge is 0.0487 e. The minimum absolute atomic E-state index is 0.600. The number of benzene rings is 1. The molecule has 3 heteroatoms. The van der Waals surface area contributed by atoms with Gasteiger partial charge in [-0.2, -0.15) is 0 Å². The van der Waals surface area contributed by atoms with Crippen LogP contribution in [0.2, 0.25) is 0 Å². The largest absolute Gasteiger partial charge is 0.320 e. The van der Waals surface area contributed by atoms with Gasteiger partial charge in [0.1, 0.15) is 0 Å². The Morgan fingerprint density at radius 2 is 2.05 bits per heavy atom. The van der Waals surface area contributed by atoms with E-state index in [1.807, 2.05) is 11.3 Å². The number of rotatable bonds is 6. The molecule has 0 amide bonds. The highest BCUT2D eigenvalue weighted by atomic mass is 79.9. The first-order valence-corrected chi connectivity index (χ1v) is 9.71. The Morgan fingerprint density at radius 3 is 2.81 bits per heavy atom. The molecule has 0 saturated heterocycles. The van der Waals surface area contributed by atoms with Crippen molar-refractivity contribution in [3.8, 4) is 0 Å². The molecule has 1 saturated carbocycles. The van der Waals surface area contributed by atoms with Crippen molar-refractivity contribution in [2.75, 3.05) is 13.6 Å². The van der Waals surface area contributed by atoms with Gasteiger partial charge in [0.25, 0.3) is 0 Å². The molecule has 3 rings (SSSR count). The first-order valence-electron chi connectivity index (χ1n) is 8.03. The maximum absolute atomic E-state index is 3.67. The molecule has 1 aliphatic carbocycles. The molecule has 0 atom stereocenters. The van der Waals surface area contributed by atoms with E-state index in [9.17, 15) is 0 Å². The summed E-state index contributed by atoms with van der Waals surface area (Å²) in [5, 5.41) is 7.17. The van der Waals surface area contributed by atoms with Crippen molar-refractivity contribution in [2.24, 2.45) is 5.41 Å². The van der Waals surface area contributed by atoms with Crippen molar-refractivity contribution in [2.45, 2.75) is 44.9 Å². The summed E-state index contributed by atoms with van der Waals surface area (Å²) in [5.74, 6) is 0. The third-order valence-electron chi connectivity index (χ3n) is 5.13. The van der Waals surface area contributed by atoms with Crippen molar-refractivity contribution < 1.29 is 0 Å². The molecule has 0 unspecified atom stereocenters. The minimum atomic E-state index is 0.600. The third-order valence-corrected chi connectivity index (χ3v) is 7.13. The van der Waals surface area contributed by atoms with Crippen LogP contribution in [-0.2, 0) is 6.42 Å². The van der Waals surface area contributed by atoms with Crippen molar-refractivity contribution in [1.29, 1.82) is 0 Å². The van der Waals surface area contributed by atoms with Crippen molar-refractivity contribution >= 4 is 37.4 Å². The fourth-order valence-electron chi connectivity index (χ4n) is 3.81. The number of nitrogens with one attached hydrogen (secondary N) is 1. The first-order chi connectivity index (χ1) is 10.2. The normalized spacial score (nSPS) is 17.6. The lowest BCUT2D eigenvalue weighted by molar-refractivity contribution is 0.248. The van der Waals surface area contributed by atoms with E-state index in [1.54, 1.807) is 5.56 Å². The van der Waals surface area contributed by atoms with Crippen LogP contribution in [0.15, 0.2) is 28.1 Å². The molecule has 0 radical (unpaired) electrons. The molecule has 0 bridgehead atoms. The highest BCUT2D eigenvalue weighted by Gasteiger charge is 2.32. The molecular formula is C18H24BrNS. The van der Waals surface area contributed by atoms with E-state index in [2.05, 4.69) is 51.9 Å². The summed E-state index contributed by atoms with van der Waals surface area (Å²) < 4.78 is 2.64. The molecule has 1 nitrogen and oxygen atoms in total. The summed E-state index contributed by atoms with van der Waals surface area (Å²) in [6.45, 7) is 1.16. The topological polar surface area (TPSA) is 12.0 Å². The van der Waals surface area contributed by atoms with Crippen LogP contribution in [0.3, 0.4) is 0 Å². The van der Waals surface area contributed by atoms with E-state index < -0.39 is 0 Å². The zero-order chi connectivity index (χ0) is 14.7. The van der Waals surface area contributed by atoms with Crippen LogP contribution in [0.1, 0.15) is 44.1 Å². The molecule has 1 aromatic heterocycles. The van der Waals surface area contributed by atoms with Gasteiger partial charge < -0.3 is 5.32 Å². The van der Waals surface area contributed by atoms with Crippen LogP contribution in [0.5, 0.6) is 0 Å². The fourth-order valence-corrected chi connectivity index (χ4v) is 5.47. The van der Waals surface area contributed by atoms with E-state index in [0.29, 0.717) is 5.41 Å². The molecular weight excluding hydrogens is 342 g/mol. The maximum atomic E-state index is 3.67. The van der Waals surface area contributed by atoms with Crippen LogP contribution in [0, 0.1) is 5.41 Å². The van der Waals surface area contributed by atoms with Gasteiger partial charge in [0.15, 0.2) is 0 Å². The molecule has 1 N–H and O–H groups in total. The van der Waals surface area contributed by atoms with Gasteiger partial charge in [-0.3, -0.25) is 0 Å². The second-order valence-corrected chi connectivity index (χ2v) is 8.17. The second kappa shape index (κ2) is 6.80. The predicted octanol–water partition coefficient (Wildman–Crippen LogP) is 5.77. The summed E-state index contributed by atoms with van der Waals surface area (Å²) >= 11 is 5.56. The zero-order valence-corrected chi connectivity index (χ0v) is 15.2. The second-order valence-electron chi connectivity index (χ2n) is 6.44. The molecule has 0 spiro atoms. The summed E-state index contributed by atoms with van der Waals surface area (Å²) in [6, 6.07) is 6.59. The molecule has 21 heavy (non-hydrogen) atoms. The molecule has 2 aromatic rings. The van der Waals surface area contributed by atoms with Crippen molar-refractivity contribution in [1.82, 2.24) is 5.32 Å². The SMILES string of the molecule is CNCCC1(CCc2csc3c(Br)cccc23)CCCC1. The van der Waals surface area contributed by atoms with Gasteiger partial charge in [-0.1, -0.05) is 25.0 Å². The van der Waals surface area contributed by atoms with E-state index in [4.69, 9.17) is 0 Å². The number of aryl methyl sites for hydroxylation is 1. The number of hydrogen-bond acceptors (Lipinski definition) is 2. The molecule has 0 aliphatic heterocycles. The number of hydrogen-bond donors (Lipinski definition) is 1. The Morgan fingerprint density at radius 1 is 1.24 bits per heavy atom.